The molecule has 0 amide bonds. The van der Waals surface area contributed by atoms with E-state index >= 15 is 0 Å². The van der Waals surface area contributed by atoms with Crippen molar-refractivity contribution in [3.63, 3.8) is 0 Å². The van der Waals surface area contributed by atoms with Crippen LogP contribution in [0, 0.1) is 10.1 Å². The van der Waals surface area contributed by atoms with Crippen molar-refractivity contribution in [2.45, 2.75) is 25.8 Å². The third kappa shape index (κ3) is 3.11. The molecule has 0 bridgehead atoms. The number of ether oxygens (including phenoxy) is 1. The number of nitrogens with zero attached hydrogens (tertiary/aromatic N) is 3. The van der Waals surface area contributed by atoms with Gasteiger partial charge in [0.15, 0.2) is 0 Å². The van der Waals surface area contributed by atoms with Crippen LogP contribution in [0.4, 0.5) is 11.5 Å². The third-order valence-electron chi connectivity index (χ3n) is 4.06. The van der Waals surface area contributed by atoms with Crippen molar-refractivity contribution in [2.75, 3.05) is 18.1 Å². The van der Waals surface area contributed by atoms with Crippen LogP contribution in [0.2, 0.25) is 0 Å². The Hall–Kier alpha value is -2.63. The van der Waals surface area contributed by atoms with Crippen molar-refractivity contribution in [1.82, 2.24) is 4.98 Å². The number of anilines is 1. The second-order valence-corrected chi connectivity index (χ2v) is 5.46. The highest BCUT2D eigenvalue weighted by molar-refractivity contribution is 5.59. The first kappa shape index (κ1) is 15.3. The van der Waals surface area contributed by atoms with Crippen molar-refractivity contribution in [1.29, 1.82) is 0 Å². The van der Waals surface area contributed by atoms with Gasteiger partial charge in [0, 0.05) is 18.8 Å². The fraction of sp³-hybridized carbons (Fsp3) is 0.353. The monoisotopic (exact) mass is 313 g/mol. The number of hydrogen-bond acceptors (Lipinski definition) is 5. The summed E-state index contributed by atoms with van der Waals surface area (Å²) in [7, 11) is 0. The number of aromatic nitrogens is 1. The van der Waals surface area contributed by atoms with Crippen LogP contribution in [0.25, 0.3) is 0 Å². The van der Waals surface area contributed by atoms with Gasteiger partial charge in [-0.2, -0.15) is 0 Å². The molecule has 0 radical (unpaired) electrons. The van der Waals surface area contributed by atoms with Crippen LogP contribution in [-0.4, -0.2) is 23.1 Å². The molecule has 0 unspecified atom stereocenters. The Kier molecular flexibility index (Phi) is 4.41. The summed E-state index contributed by atoms with van der Waals surface area (Å²) >= 11 is 0. The average molecular weight is 313 g/mol. The molecule has 0 spiro atoms. The van der Waals surface area contributed by atoms with E-state index < -0.39 is 0 Å². The van der Waals surface area contributed by atoms with Crippen LogP contribution in [0.15, 0.2) is 42.6 Å². The van der Waals surface area contributed by atoms with Crippen LogP contribution < -0.4 is 9.64 Å². The summed E-state index contributed by atoms with van der Waals surface area (Å²) in [6.07, 6.45) is 3.56. The van der Waals surface area contributed by atoms with E-state index in [1.165, 1.54) is 6.07 Å². The first-order chi connectivity index (χ1) is 11.2. The average Bonchev–Trinajstić information content (AvgIpc) is 3.05. The summed E-state index contributed by atoms with van der Waals surface area (Å²) in [6.45, 7) is 3.36. The van der Waals surface area contributed by atoms with E-state index in [1.807, 2.05) is 36.1 Å². The highest BCUT2D eigenvalue weighted by Gasteiger charge is 2.31. The second-order valence-electron chi connectivity index (χ2n) is 5.46. The molecule has 2 heterocycles. The molecule has 1 saturated heterocycles. The maximum atomic E-state index is 11.3. The first-order valence-electron chi connectivity index (χ1n) is 7.79. The van der Waals surface area contributed by atoms with E-state index in [4.69, 9.17) is 4.74 Å². The predicted octanol–water partition coefficient (Wildman–Crippen LogP) is 3.73. The van der Waals surface area contributed by atoms with Crippen LogP contribution in [0.3, 0.4) is 0 Å². The zero-order valence-electron chi connectivity index (χ0n) is 13.0. The van der Waals surface area contributed by atoms with Gasteiger partial charge < -0.3 is 9.64 Å². The van der Waals surface area contributed by atoms with Gasteiger partial charge in [0.2, 0.25) is 5.82 Å². The zero-order valence-corrected chi connectivity index (χ0v) is 13.0. The summed E-state index contributed by atoms with van der Waals surface area (Å²) < 4.78 is 5.47. The molecule has 0 aliphatic carbocycles. The van der Waals surface area contributed by atoms with E-state index in [0.717, 1.165) is 30.7 Å². The first-order valence-corrected chi connectivity index (χ1v) is 7.79. The van der Waals surface area contributed by atoms with Crippen molar-refractivity contribution in [3.8, 4) is 5.75 Å². The molecule has 1 atom stereocenters. The molecule has 2 aromatic rings. The summed E-state index contributed by atoms with van der Waals surface area (Å²) in [6, 6.07) is 11.2. The van der Waals surface area contributed by atoms with Crippen molar-refractivity contribution < 1.29 is 9.66 Å². The lowest BCUT2D eigenvalue weighted by Gasteiger charge is -2.25. The summed E-state index contributed by atoms with van der Waals surface area (Å²) in [4.78, 5) is 17.2. The Labute approximate surface area is 134 Å². The number of pyridine rings is 1. The SMILES string of the molecule is CCOc1ccc([C@@H]2CCCN2c2ncccc2[N+](=O)[O-])cc1. The third-order valence-corrected chi connectivity index (χ3v) is 4.06. The molecule has 1 fully saturated rings. The predicted molar refractivity (Wildman–Crippen MR) is 87.8 cm³/mol. The van der Waals surface area contributed by atoms with E-state index in [9.17, 15) is 10.1 Å². The van der Waals surface area contributed by atoms with E-state index in [0.29, 0.717) is 12.4 Å². The highest BCUT2D eigenvalue weighted by Crippen LogP contribution is 2.39. The Bertz CT molecular complexity index is 688. The van der Waals surface area contributed by atoms with Gasteiger partial charge in [-0.25, -0.2) is 4.98 Å². The fourth-order valence-electron chi connectivity index (χ4n) is 3.07. The van der Waals surface area contributed by atoms with Crippen LogP contribution >= 0.6 is 0 Å². The zero-order chi connectivity index (χ0) is 16.2. The van der Waals surface area contributed by atoms with Gasteiger partial charge >= 0.3 is 5.69 Å². The van der Waals surface area contributed by atoms with Gasteiger partial charge in [-0.3, -0.25) is 10.1 Å². The molecular formula is C17H19N3O3. The molecule has 1 aliphatic rings. The molecule has 23 heavy (non-hydrogen) atoms. The molecule has 0 N–H and O–H groups in total. The normalized spacial score (nSPS) is 17.3. The number of benzene rings is 1. The quantitative estimate of drug-likeness (QED) is 0.621. The van der Waals surface area contributed by atoms with Gasteiger partial charge in [-0.05, 0) is 43.5 Å². The number of nitro groups is 1. The molecule has 1 aliphatic heterocycles. The fourth-order valence-corrected chi connectivity index (χ4v) is 3.07. The van der Waals surface area contributed by atoms with Gasteiger partial charge in [0.1, 0.15) is 5.75 Å². The van der Waals surface area contributed by atoms with Gasteiger partial charge in [-0.1, -0.05) is 12.1 Å². The van der Waals surface area contributed by atoms with Gasteiger partial charge in [0.25, 0.3) is 0 Å². The van der Waals surface area contributed by atoms with Gasteiger partial charge in [0.05, 0.1) is 17.6 Å². The Morgan fingerprint density at radius 2 is 2.13 bits per heavy atom. The number of rotatable bonds is 5. The molecular weight excluding hydrogens is 294 g/mol. The standard InChI is InChI=1S/C17H19N3O3/c1-2-23-14-9-7-13(8-10-14)15-6-4-12-19(15)17-16(20(21)22)5-3-11-18-17/h3,5,7-11,15H,2,4,6,12H2,1H3/t15-/m0/s1. The topological polar surface area (TPSA) is 68.5 Å². The van der Waals surface area contributed by atoms with E-state index in [1.54, 1.807) is 12.3 Å². The van der Waals surface area contributed by atoms with Crippen molar-refractivity contribution in [3.05, 3.63) is 58.3 Å². The Morgan fingerprint density at radius 1 is 1.35 bits per heavy atom. The lowest BCUT2D eigenvalue weighted by molar-refractivity contribution is -0.384. The minimum atomic E-state index is -0.365. The van der Waals surface area contributed by atoms with Gasteiger partial charge in [-0.15, -0.1) is 0 Å². The Morgan fingerprint density at radius 3 is 2.83 bits per heavy atom. The summed E-state index contributed by atoms with van der Waals surface area (Å²) in [5.74, 6) is 1.29. The molecule has 0 saturated carbocycles. The van der Waals surface area contributed by atoms with E-state index in [2.05, 4.69) is 4.98 Å². The molecule has 1 aromatic carbocycles. The number of hydrogen-bond donors (Lipinski definition) is 0. The summed E-state index contributed by atoms with van der Waals surface area (Å²) in [5, 5.41) is 11.3. The minimum Gasteiger partial charge on any atom is -0.494 e. The molecule has 6 nitrogen and oxygen atoms in total. The van der Waals surface area contributed by atoms with E-state index in [-0.39, 0.29) is 16.7 Å². The smallest absolute Gasteiger partial charge is 0.311 e. The maximum absolute atomic E-state index is 11.3. The maximum Gasteiger partial charge on any atom is 0.311 e. The highest BCUT2D eigenvalue weighted by atomic mass is 16.6. The largest absolute Gasteiger partial charge is 0.494 e. The summed E-state index contributed by atoms with van der Waals surface area (Å²) in [5.41, 5.74) is 1.19. The van der Waals surface area contributed by atoms with Crippen LogP contribution in [0.1, 0.15) is 31.4 Å². The van der Waals surface area contributed by atoms with Crippen molar-refractivity contribution >= 4 is 11.5 Å². The van der Waals surface area contributed by atoms with Crippen LogP contribution in [0.5, 0.6) is 5.75 Å². The minimum absolute atomic E-state index is 0.0605. The molecule has 3 rings (SSSR count). The molecule has 120 valence electrons. The lowest BCUT2D eigenvalue weighted by atomic mass is 10.0. The van der Waals surface area contributed by atoms with Crippen molar-refractivity contribution in [2.24, 2.45) is 0 Å². The molecule has 6 heteroatoms. The Balaban J connectivity index is 1.90. The second kappa shape index (κ2) is 6.64. The van der Waals surface area contributed by atoms with Crippen LogP contribution in [-0.2, 0) is 0 Å². The molecule has 1 aromatic heterocycles. The lowest BCUT2D eigenvalue weighted by Crippen LogP contribution is -2.24.